The lowest BCUT2D eigenvalue weighted by molar-refractivity contribution is 0.0541. The fourth-order valence-corrected chi connectivity index (χ4v) is 4.95. The highest BCUT2D eigenvalue weighted by molar-refractivity contribution is 7.92. The molecule has 2 N–H and O–H groups in total. The Hall–Kier alpha value is -2.82. The van der Waals surface area contributed by atoms with Crippen LogP contribution in [0.5, 0.6) is 11.5 Å². The number of nitrogens with one attached hydrogen (secondary N) is 2. The molecule has 0 aliphatic carbocycles. The average molecular weight is 462 g/mol. The number of nitrogens with zero attached hydrogens (tertiary/aromatic N) is 1. The minimum Gasteiger partial charge on any atom is -0.496 e. The van der Waals surface area contributed by atoms with Gasteiger partial charge in [-0.3, -0.25) is 4.72 Å². The Morgan fingerprint density at radius 3 is 2.66 bits per heavy atom. The van der Waals surface area contributed by atoms with E-state index in [1.807, 2.05) is 13.0 Å². The van der Waals surface area contributed by atoms with Crippen molar-refractivity contribution in [2.75, 3.05) is 32.0 Å². The first kappa shape index (κ1) is 22.4. The summed E-state index contributed by atoms with van der Waals surface area (Å²) in [5.41, 5.74) is 2.12. The SMILES string of the molecule is CCc1ccc(OC)c(S(=O)(=O)Nc2noc3cc(CO[C@@H]4CCNC4)cc(OC)c23)c1. The molecule has 2 aromatic carbocycles. The van der Waals surface area contributed by atoms with E-state index in [0.717, 1.165) is 30.6 Å². The van der Waals surface area contributed by atoms with E-state index in [0.29, 0.717) is 29.7 Å². The lowest BCUT2D eigenvalue weighted by Crippen LogP contribution is -2.16. The van der Waals surface area contributed by atoms with Crippen LogP contribution in [0.3, 0.4) is 0 Å². The molecule has 32 heavy (non-hydrogen) atoms. The molecule has 0 saturated carbocycles. The highest BCUT2D eigenvalue weighted by atomic mass is 32.2. The summed E-state index contributed by atoms with van der Waals surface area (Å²) in [6.07, 6.45) is 1.83. The first-order chi connectivity index (χ1) is 15.4. The number of sulfonamides is 1. The first-order valence-electron chi connectivity index (χ1n) is 10.4. The van der Waals surface area contributed by atoms with Crippen molar-refractivity contribution in [1.29, 1.82) is 0 Å². The summed E-state index contributed by atoms with van der Waals surface area (Å²) >= 11 is 0. The van der Waals surface area contributed by atoms with Crippen molar-refractivity contribution < 1.29 is 27.2 Å². The van der Waals surface area contributed by atoms with Gasteiger partial charge in [0.25, 0.3) is 10.0 Å². The van der Waals surface area contributed by atoms with Gasteiger partial charge in [-0.25, -0.2) is 8.42 Å². The van der Waals surface area contributed by atoms with Gasteiger partial charge in [-0.05, 0) is 54.8 Å². The van der Waals surface area contributed by atoms with Gasteiger partial charge in [0.05, 0.1) is 26.9 Å². The molecule has 1 aromatic heterocycles. The molecular weight excluding hydrogens is 434 g/mol. The van der Waals surface area contributed by atoms with E-state index in [4.69, 9.17) is 18.7 Å². The Morgan fingerprint density at radius 1 is 1.16 bits per heavy atom. The predicted octanol–water partition coefficient (Wildman–Crippen LogP) is 3.09. The van der Waals surface area contributed by atoms with Crippen LogP contribution in [0.1, 0.15) is 24.5 Å². The monoisotopic (exact) mass is 461 g/mol. The molecule has 0 spiro atoms. The number of hydrogen-bond donors (Lipinski definition) is 2. The zero-order valence-corrected chi connectivity index (χ0v) is 19.1. The van der Waals surface area contributed by atoms with E-state index in [9.17, 15) is 8.42 Å². The van der Waals surface area contributed by atoms with E-state index in [1.165, 1.54) is 14.2 Å². The minimum atomic E-state index is -3.99. The molecule has 2 heterocycles. The maximum Gasteiger partial charge on any atom is 0.266 e. The van der Waals surface area contributed by atoms with Gasteiger partial charge in [-0.2, -0.15) is 0 Å². The number of benzene rings is 2. The number of rotatable bonds is 9. The van der Waals surface area contributed by atoms with Gasteiger partial charge < -0.3 is 24.1 Å². The number of aryl methyl sites for hydroxylation is 1. The van der Waals surface area contributed by atoms with Crippen LogP contribution in [0.25, 0.3) is 11.0 Å². The molecule has 1 aliphatic rings. The summed E-state index contributed by atoms with van der Waals surface area (Å²) < 4.78 is 51.0. The summed E-state index contributed by atoms with van der Waals surface area (Å²) in [7, 11) is -1.05. The van der Waals surface area contributed by atoms with Crippen LogP contribution in [0, 0.1) is 0 Å². The van der Waals surface area contributed by atoms with Crippen LogP contribution in [-0.4, -0.2) is 47.0 Å². The molecule has 0 unspecified atom stereocenters. The first-order valence-corrected chi connectivity index (χ1v) is 11.9. The standard InChI is InChI=1S/C22H27N3O6S/c1-4-14-5-6-17(28-2)20(11-14)32(26,27)25-22-21-18(29-3)9-15(10-19(21)31-24-22)13-30-16-7-8-23-12-16/h5-6,9-11,16,23H,4,7-8,12-13H2,1-3H3,(H,24,25)/t16-/m1/s1. The molecule has 1 aliphatic heterocycles. The summed E-state index contributed by atoms with van der Waals surface area (Å²) in [5.74, 6) is 0.738. The molecule has 1 saturated heterocycles. The fourth-order valence-electron chi connectivity index (χ4n) is 3.72. The molecule has 0 radical (unpaired) electrons. The van der Waals surface area contributed by atoms with Crippen LogP contribution in [-0.2, 0) is 27.8 Å². The summed E-state index contributed by atoms with van der Waals surface area (Å²) in [6.45, 7) is 4.12. The smallest absolute Gasteiger partial charge is 0.266 e. The van der Waals surface area contributed by atoms with E-state index >= 15 is 0 Å². The van der Waals surface area contributed by atoms with Gasteiger partial charge in [-0.1, -0.05) is 18.1 Å². The lowest BCUT2D eigenvalue weighted by Gasteiger charge is -2.13. The van der Waals surface area contributed by atoms with Crippen molar-refractivity contribution in [3.05, 3.63) is 41.5 Å². The zero-order chi connectivity index (χ0) is 22.7. The number of fused-ring (bicyclic) bond motifs is 1. The predicted molar refractivity (Wildman–Crippen MR) is 120 cm³/mol. The third-order valence-electron chi connectivity index (χ3n) is 5.48. The number of ether oxygens (including phenoxy) is 3. The van der Waals surface area contributed by atoms with Crippen molar-refractivity contribution in [1.82, 2.24) is 10.5 Å². The van der Waals surface area contributed by atoms with Gasteiger partial charge in [0.2, 0.25) is 0 Å². The van der Waals surface area contributed by atoms with Gasteiger partial charge in [0, 0.05) is 6.54 Å². The normalized spacial score (nSPS) is 16.4. The van der Waals surface area contributed by atoms with E-state index in [1.54, 1.807) is 24.3 Å². The van der Waals surface area contributed by atoms with Gasteiger partial charge in [-0.15, -0.1) is 0 Å². The van der Waals surface area contributed by atoms with Crippen LogP contribution >= 0.6 is 0 Å². The Bertz CT molecular complexity index is 1200. The molecule has 1 fully saturated rings. The van der Waals surface area contributed by atoms with Crippen LogP contribution in [0.4, 0.5) is 5.82 Å². The van der Waals surface area contributed by atoms with E-state index in [-0.39, 0.29) is 22.6 Å². The number of aromatic nitrogens is 1. The maximum absolute atomic E-state index is 13.2. The minimum absolute atomic E-state index is 0.0321. The molecule has 0 amide bonds. The molecule has 4 rings (SSSR count). The Balaban J connectivity index is 1.65. The molecule has 172 valence electrons. The largest absolute Gasteiger partial charge is 0.496 e. The fraction of sp³-hybridized carbons (Fsp3) is 0.409. The molecule has 9 nitrogen and oxygen atoms in total. The van der Waals surface area contributed by atoms with Crippen molar-refractivity contribution in [3.8, 4) is 11.5 Å². The second-order valence-electron chi connectivity index (χ2n) is 7.57. The third-order valence-corrected chi connectivity index (χ3v) is 6.84. The van der Waals surface area contributed by atoms with Crippen LogP contribution in [0.15, 0.2) is 39.8 Å². The van der Waals surface area contributed by atoms with E-state index in [2.05, 4.69) is 15.2 Å². The topological polar surface area (TPSA) is 112 Å². The number of anilines is 1. The molecular formula is C22H27N3O6S. The quantitative estimate of drug-likeness (QED) is 0.500. The van der Waals surface area contributed by atoms with Gasteiger partial charge in [0.1, 0.15) is 21.8 Å². The summed E-state index contributed by atoms with van der Waals surface area (Å²) in [4.78, 5) is 0.0321. The zero-order valence-electron chi connectivity index (χ0n) is 18.3. The van der Waals surface area contributed by atoms with Gasteiger partial charge >= 0.3 is 0 Å². The molecule has 0 bridgehead atoms. The van der Waals surface area contributed by atoms with Crippen molar-refractivity contribution >= 4 is 26.8 Å². The lowest BCUT2D eigenvalue weighted by atomic mass is 10.1. The Morgan fingerprint density at radius 2 is 1.97 bits per heavy atom. The van der Waals surface area contributed by atoms with Crippen molar-refractivity contribution in [2.45, 2.75) is 37.4 Å². The number of hydrogen-bond acceptors (Lipinski definition) is 8. The highest BCUT2D eigenvalue weighted by Crippen LogP contribution is 2.36. The van der Waals surface area contributed by atoms with Crippen molar-refractivity contribution in [2.24, 2.45) is 0 Å². The highest BCUT2D eigenvalue weighted by Gasteiger charge is 2.25. The molecule has 1 atom stereocenters. The Kier molecular flexibility index (Phi) is 6.54. The molecule has 10 heteroatoms. The molecule has 3 aromatic rings. The summed E-state index contributed by atoms with van der Waals surface area (Å²) in [5, 5.41) is 7.65. The second kappa shape index (κ2) is 9.35. The average Bonchev–Trinajstić information content (AvgIpc) is 3.46. The van der Waals surface area contributed by atoms with Gasteiger partial charge in [0.15, 0.2) is 11.4 Å². The summed E-state index contributed by atoms with van der Waals surface area (Å²) in [6, 6.07) is 8.65. The maximum atomic E-state index is 13.2. The number of methoxy groups -OCH3 is 2. The second-order valence-corrected chi connectivity index (χ2v) is 9.22. The van der Waals surface area contributed by atoms with Crippen LogP contribution < -0.4 is 19.5 Å². The Labute approximate surface area is 187 Å². The van der Waals surface area contributed by atoms with Crippen molar-refractivity contribution in [3.63, 3.8) is 0 Å². The third kappa shape index (κ3) is 4.52. The van der Waals surface area contributed by atoms with Crippen LogP contribution in [0.2, 0.25) is 0 Å². The van der Waals surface area contributed by atoms with E-state index < -0.39 is 10.0 Å².